The molecule has 6 heteroatoms. The minimum Gasteiger partial charge on any atom is -0.310 e. The molecule has 0 aliphatic rings. The van der Waals surface area contributed by atoms with E-state index in [9.17, 15) is 10.1 Å². The minimum atomic E-state index is -0.306. The predicted octanol–water partition coefficient (Wildman–Crippen LogP) is 2.99. The van der Waals surface area contributed by atoms with Gasteiger partial charge < -0.3 is 5.32 Å². The second kappa shape index (κ2) is 7.37. The van der Waals surface area contributed by atoms with Gasteiger partial charge in [0.25, 0.3) is 5.69 Å². The van der Waals surface area contributed by atoms with E-state index in [1.807, 2.05) is 37.0 Å². The summed E-state index contributed by atoms with van der Waals surface area (Å²) in [7, 11) is 1.93. The van der Waals surface area contributed by atoms with Crippen molar-refractivity contribution in [1.29, 1.82) is 0 Å². The quantitative estimate of drug-likeness (QED) is 0.629. The zero-order valence-electron chi connectivity index (χ0n) is 14.1. The molecule has 124 valence electrons. The van der Waals surface area contributed by atoms with Crippen molar-refractivity contribution in [3.63, 3.8) is 0 Å². The second-order valence-corrected chi connectivity index (χ2v) is 6.12. The molecule has 23 heavy (non-hydrogen) atoms. The molecule has 2 aromatic rings. The molecule has 0 saturated heterocycles. The van der Waals surface area contributed by atoms with Crippen molar-refractivity contribution in [1.82, 2.24) is 15.1 Å². The number of hydrogen-bond donors (Lipinski definition) is 1. The Kier molecular flexibility index (Phi) is 5.50. The van der Waals surface area contributed by atoms with Crippen LogP contribution >= 0.6 is 0 Å². The van der Waals surface area contributed by atoms with Crippen LogP contribution in [0.15, 0.2) is 30.5 Å². The maximum absolute atomic E-state index is 11.1. The minimum absolute atomic E-state index is 0.203. The average molecular weight is 316 g/mol. The Morgan fingerprint density at radius 3 is 2.61 bits per heavy atom. The summed E-state index contributed by atoms with van der Waals surface area (Å²) in [6, 6.07) is 7.21. The van der Waals surface area contributed by atoms with Gasteiger partial charge in [-0.3, -0.25) is 14.8 Å². The SMILES string of the molecule is Cc1c(CN[C@H](C)[C@@H](C)Cc2ccccc2[N+](=O)[O-])cnn1C. The van der Waals surface area contributed by atoms with Gasteiger partial charge in [-0.2, -0.15) is 5.10 Å². The third kappa shape index (κ3) is 4.16. The van der Waals surface area contributed by atoms with E-state index in [1.54, 1.807) is 12.1 Å². The van der Waals surface area contributed by atoms with E-state index in [0.717, 1.165) is 17.8 Å². The van der Waals surface area contributed by atoms with Crippen LogP contribution in [-0.4, -0.2) is 20.7 Å². The number of para-hydroxylation sites is 1. The molecule has 0 spiro atoms. The number of aryl methyl sites for hydroxylation is 1. The Labute approximate surface area is 136 Å². The van der Waals surface area contributed by atoms with E-state index in [4.69, 9.17) is 0 Å². The van der Waals surface area contributed by atoms with Gasteiger partial charge in [0.1, 0.15) is 0 Å². The molecule has 2 rings (SSSR count). The summed E-state index contributed by atoms with van der Waals surface area (Å²) in [5.74, 6) is 0.285. The molecule has 0 aliphatic heterocycles. The van der Waals surface area contributed by atoms with Crippen LogP contribution < -0.4 is 5.32 Å². The number of nitro benzene ring substituents is 1. The average Bonchev–Trinajstić information content (AvgIpc) is 2.84. The van der Waals surface area contributed by atoms with Crippen molar-refractivity contribution in [3.8, 4) is 0 Å². The topological polar surface area (TPSA) is 73.0 Å². The van der Waals surface area contributed by atoms with E-state index in [2.05, 4.69) is 24.3 Å². The van der Waals surface area contributed by atoms with Gasteiger partial charge in [0.2, 0.25) is 0 Å². The summed E-state index contributed by atoms with van der Waals surface area (Å²) >= 11 is 0. The predicted molar refractivity (Wildman–Crippen MR) is 90.2 cm³/mol. The lowest BCUT2D eigenvalue weighted by Gasteiger charge is -2.21. The van der Waals surface area contributed by atoms with Gasteiger partial charge in [0.05, 0.1) is 11.1 Å². The number of hydrogen-bond acceptors (Lipinski definition) is 4. The zero-order chi connectivity index (χ0) is 17.0. The van der Waals surface area contributed by atoms with Crippen molar-refractivity contribution in [2.75, 3.05) is 0 Å². The number of nitro groups is 1. The van der Waals surface area contributed by atoms with Gasteiger partial charge in [-0.05, 0) is 26.2 Å². The van der Waals surface area contributed by atoms with Crippen LogP contribution in [0, 0.1) is 23.0 Å². The molecule has 0 aliphatic carbocycles. The maximum atomic E-state index is 11.1. The van der Waals surface area contributed by atoms with E-state index < -0.39 is 0 Å². The molecule has 0 fully saturated rings. The lowest BCUT2D eigenvalue weighted by atomic mass is 9.94. The first-order valence-corrected chi connectivity index (χ1v) is 7.83. The molecule has 0 radical (unpaired) electrons. The summed E-state index contributed by atoms with van der Waals surface area (Å²) in [4.78, 5) is 10.8. The summed E-state index contributed by atoms with van der Waals surface area (Å²) in [6.45, 7) is 7.03. The van der Waals surface area contributed by atoms with Gasteiger partial charge in [-0.25, -0.2) is 0 Å². The first kappa shape index (κ1) is 17.1. The van der Waals surface area contributed by atoms with Crippen LogP contribution in [0.4, 0.5) is 5.69 Å². The summed E-state index contributed by atoms with van der Waals surface area (Å²) in [6.07, 6.45) is 2.55. The number of benzene rings is 1. The number of rotatable bonds is 7. The fraction of sp³-hybridized carbons (Fsp3) is 0.471. The summed E-state index contributed by atoms with van der Waals surface area (Å²) < 4.78 is 1.86. The standard InChI is InChI=1S/C17H24N4O2/c1-12(9-15-7-5-6-8-17(15)21(22)23)13(2)18-10-16-11-19-20(4)14(16)3/h5-8,11-13,18H,9-10H2,1-4H3/t12-,13+/m0/s1. The highest BCUT2D eigenvalue weighted by molar-refractivity contribution is 5.40. The molecule has 2 atom stereocenters. The highest BCUT2D eigenvalue weighted by Crippen LogP contribution is 2.22. The van der Waals surface area contributed by atoms with E-state index in [-0.39, 0.29) is 22.6 Å². The van der Waals surface area contributed by atoms with Crippen LogP contribution in [0.3, 0.4) is 0 Å². The third-order valence-corrected chi connectivity index (χ3v) is 4.54. The summed E-state index contributed by atoms with van der Waals surface area (Å²) in [5.41, 5.74) is 3.32. The van der Waals surface area contributed by atoms with Crippen LogP contribution in [-0.2, 0) is 20.0 Å². The maximum Gasteiger partial charge on any atom is 0.272 e. The fourth-order valence-corrected chi connectivity index (χ4v) is 2.58. The van der Waals surface area contributed by atoms with Crippen molar-refractivity contribution in [2.45, 2.75) is 39.8 Å². The van der Waals surface area contributed by atoms with Gasteiger partial charge in [-0.1, -0.05) is 25.1 Å². The zero-order valence-corrected chi connectivity index (χ0v) is 14.1. The molecule has 1 aromatic carbocycles. The molecule has 0 amide bonds. The van der Waals surface area contributed by atoms with Crippen LogP contribution in [0.25, 0.3) is 0 Å². The molecular weight excluding hydrogens is 292 g/mol. The Hall–Kier alpha value is -2.21. The molecule has 0 bridgehead atoms. The molecule has 0 saturated carbocycles. The first-order chi connectivity index (χ1) is 10.9. The normalized spacial score (nSPS) is 13.7. The lowest BCUT2D eigenvalue weighted by molar-refractivity contribution is -0.385. The Morgan fingerprint density at radius 2 is 2.00 bits per heavy atom. The summed E-state index contributed by atoms with van der Waals surface area (Å²) in [5, 5.41) is 18.8. The molecule has 6 nitrogen and oxygen atoms in total. The number of aromatic nitrogens is 2. The Balaban J connectivity index is 1.96. The van der Waals surface area contributed by atoms with Crippen molar-refractivity contribution in [2.24, 2.45) is 13.0 Å². The van der Waals surface area contributed by atoms with Crippen LogP contribution in [0.5, 0.6) is 0 Å². The Bertz CT molecular complexity index is 681. The lowest BCUT2D eigenvalue weighted by Crippen LogP contribution is -2.33. The third-order valence-electron chi connectivity index (χ3n) is 4.54. The fourth-order valence-electron chi connectivity index (χ4n) is 2.58. The highest BCUT2D eigenvalue weighted by atomic mass is 16.6. The molecule has 0 unspecified atom stereocenters. The molecular formula is C17H24N4O2. The number of nitrogens with zero attached hydrogens (tertiary/aromatic N) is 3. The van der Waals surface area contributed by atoms with E-state index >= 15 is 0 Å². The van der Waals surface area contributed by atoms with Gasteiger partial charge in [0.15, 0.2) is 0 Å². The molecule has 1 N–H and O–H groups in total. The van der Waals surface area contributed by atoms with Crippen LogP contribution in [0.2, 0.25) is 0 Å². The second-order valence-electron chi connectivity index (χ2n) is 6.12. The van der Waals surface area contributed by atoms with Crippen molar-refractivity contribution in [3.05, 3.63) is 57.4 Å². The smallest absolute Gasteiger partial charge is 0.272 e. The van der Waals surface area contributed by atoms with Gasteiger partial charge in [-0.15, -0.1) is 0 Å². The van der Waals surface area contributed by atoms with E-state index in [1.165, 1.54) is 5.56 Å². The largest absolute Gasteiger partial charge is 0.310 e. The van der Waals surface area contributed by atoms with Crippen molar-refractivity contribution >= 4 is 5.69 Å². The monoisotopic (exact) mass is 316 g/mol. The first-order valence-electron chi connectivity index (χ1n) is 7.83. The highest BCUT2D eigenvalue weighted by Gasteiger charge is 2.19. The van der Waals surface area contributed by atoms with E-state index in [0.29, 0.717) is 6.42 Å². The Morgan fingerprint density at radius 1 is 1.30 bits per heavy atom. The van der Waals surface area contributed by atoms with Crippen molar-refractivity contribution < 1.29 is 4.92 Å². The van der Waals surface area contributed by atoms with Gasteiger partial charge >= 0.3 is 0 Å². The molecule has 1 heterocycles. The molecule has 1 aromatic heterocycles. The van der Waals surface area contributed by atoms with Gasteiger partial charge in [0, 0.05) is 42.5 Å². The number of nitrogens with one attached hydrogen (secondary N) is 1. The van der Waals surface area contributed by atoms with Crippen LogP contribution in [0.1, 0.15) is 30.7 Å².